The Morgan fingerprint density at radius 1 is 1.23 bits per heavy atom. The van der Waals surface area contributed by atoms with Crippen LogP contribution in [-0.2, 0) is 7.05 Å². The van der Waals surface area contributed by atoms with Crippen molar-refractivity contribution in [2.24, 2.45) is 7.05 Å². The van der Waals surface area contributed by atoms with Gasteiger partial charge in [-0.2, -0.15) is 0 Å². The Morgan fingerprint density at radius 3 is 2.69 bits per heavy atom. The molecule has 0 radical (unpaired) electrons. The van der Waals surface area contributed by atoms with Gasteiger partial charge in [-0.15, -0.1) is 0 Å². The normalized spacial score (nSPS) is 10.3. The van der Waals surface area contributed by atoms with E-state index in [-0.39, 0.29) is 0 Å². The zero-order chi connectivity index (χ0) is 9.26. The number of nitrogens with zero attached hydrogens (tertiary/aromatic N) is 3. The van der Waals surface area contributed by atoms with Crippen LogP contribution < -0.4 is 0 Å². The number of aromatic nitrogens is 3. The average molecular weight is 173 g/mol. The molecule has 0 aliphatic carbocycles. The van der Waals surface area contributed by atoms with E-state index < -0.39 is 0 Å². The van der Waals surface area contributed by atoms with Crippen LogP contribution >= 0.6 is 0 Å². The predicted molar refractivity (Wildman–Crippen MR) is 51.2 cm³/mol. The van der Waals surface area contributed by atoms with Gasteiger partial charge in [0.2, 0.25) is 0 Å². The van der Waals surface area contributed by atoms with Gasteiger partial charge in [0, 0.05) is 19.4 Å². The molecule has 13 heavy (non-hydrogen) atoms. The zero-order valence-electron chi connectivity index (χ0n) is 7.73. The van der Waals surface area contributed by atoms with Gasteiger partial charge in [0.15, 0.2) is 0 Å². The van der Waals surface area contributed by atoms with Gasteiger partial charge >= 0.3 is 0 Å². The molecule has 0 aromatic carbocycles. The zero-order valence-corrected chi connectivity index (χ0v) is 7.73. The molecule has 3 nitrogen and oxygen atoms in total. The van der Waals surface area contributed by atoms with E-state index >= 15 is 0 Å². The summed E-state index contributed by atoms with van der Waals surface area (Å²) in [4.78, 5) is 8.47. The third kappa shape index (κ3) is 1.59. The number of rotatable bonds is 1. The van der Waals surface area contributed by atoms with Crippen molar-refractivity contribution >= 4 is 0 Å². The topological polar surface area (TPSA) is 30.7 Å². The maximum atomic E-state index is 4.25. The van der Waals surface area contributed by atoms with E-state index in [1.54, 1.807) is 12.5 Å². The summed E-state index contributed by atoms with van der Waals surface area (Å²) in [5, 5.41) is 0. The van der Waals surface area contributed by atoms with Crippen molar-refractivity contribution in [2.45, 2.75) is 6.92 Å². The maximum absolute atomic E-state index is 4.25. The minimum absolute atomic E-state index is 0.922. The first-order valence-corrected chi connectivity index (χ1v) is 4.17. The molecule has 0 bridgehead atoms. The lowest BCUT2D eigenvalue weighted by molar-refractivity contribution is 0.913. The van der Waals surface area contributed by atoms with Gasteiger partial charge in [0.05, 0.1) is 12.0 Å². The molecular weight excluding hydrogens is 162 g/mol. The van der Waals surface area contributed by atoms with Crippen LogP contribution in [0.5, 0.6) is 0 Å². The molecule has 0 N–H and O–H groups in total. The third-order valence-corrected chi connectivity index (χ3v) is 1.88. The fraction of sp³-hybridized carbons (Fsp3) is 0.200. The highest BCUT2D eigenvalue weighted by Gasteiger charge is 2.01. The van der Waals surface area contributed by atoms with E-state index in [0.29, 0.717) is 0 Å². The Balaban J connectivity index is 2.46. The monoisotopic (exact) mass is 173 g/mol. The molecule has 66 valence electrons. The van der Waals surface area contributed by atoms with Crippen molar-refractivity contribution in [3.8, 4) is 11.4 Å². The Hall–Kier alpha value is -1.64. The number of aryl methyl sites for hydroxylation is 2. The molecule has 0 unspecified atom stereocenters. The number of hydrogen-bond donors (Lipinski definition) is 0. The van der Waals surface area contributed by atoms with Gasteiger partial charge in [-0.3, -0.25) is 4.98 Å². The Labute approximate surface area is 77.1 Å². The minimum atomic E-state index is 0.922. The minimum Gasteiger partial charge on any atom is -0.340 e. The van der Waals surface area contributed by atoms with Crippen LogP contribution in [0, 0.1) is 6.92 Å². The SMILES string of the molecule is Cc1ccnc(-c2cn(C)cn2)c1. The van der Waals surface area contributed by atoms with Gasteiger partial charge in [-0.05, 0) is 24.6 Å². The Morgan fingerprint density at radius 2 is 2.08 bits per heavy atom. The van der Waals surface area contributed by atoms with E-state index in [1.165, 1.54) is 5.56 Å². The Bertz CT molecular complexity index is 418. The van der Waals surface area contributed by atoms with Gasteiger partial charge in [0.25, 0.3) is 0 Å². The summed E-state index contributed by atoms with van der Waals surface area (Å²) in [6, 6.07) is 4.01. The first-order chi connectivity index (χ1) is 6.25. The van der Waals surface area contributed by atoms with Crippen LogP contribution in [-0.4, -0.2) is 14.5 Å². The third-order valence-electron chi connectivity index (χ3n) is 1.88. The summed E-state index contributed by atoms with van der Waals surface area (Å²) in [7, 11) is 1.95. The van der Waals surface area contributed by atoms with E-state index in [1.807, 2.05) is 36.9 Å². The summed E-state index contributed by atoms with van der Waals surface area (Å²) in [6.45, 7) is 2.05. The van der Waals surface area contributed by atoms with Crippen molar-refractivity contribution in [3.05, 3.63) is 36.4 Å². The summed E-state index contributed by atoms with van der Waals surface area (Å²) >= 11 is 0. The van der Waals surface area contributed by atoms with E-state index in [0.717, 1.165) is 11.4 Å². The molecule has 3 heteroatoms. The number of hydrogen-bond acceptors (Lipinski definition) is 2. The molecule has 0 aliphatic heterocycles. The smallest absolute Gasteiger partial charge is 0.107 e. The van der Waals surface area contributed by atoms with Crippen LogP contribution in [0.2, 0.25) is 0 Å². The lowest BCUT2D eigenvalue weighted by atomic mass is 10.2. The van der Waals surface area contributed by atoms with Gasteiger partial charge in [-0.1, -0.05) is 0 Å². The highest BCUT2D eigenvalue weighted by atomic mass is 15.0. The van der Waals surface area contributed by atoms with Crippen molar-refractivity contribution in [1.82, 2.24) is 14.5 Å². The molecular formula is C10H11N3. The van der Waals surface area contributed by atoms with Crippen LogP contribution in [0.15, 0.2) is 30.9 Å². The second-order valence-electron chi connectivity index (χ2n) is 3.14. The second kappa shape index (κ2) is 3.01. The maximum Gasteiger partial charge on any atom is 0.107 e. The van der Waals surface area contributed by atoms with Gasteiger partial charge in [0.1, 0.15) is 5.69 Å². The summed E-state index contributed by atoms with van der Waals surface area (Å²) in [5.41, 5.74) is 3.06. The predicted octanol–water partition coefficient (Wildman–Crippen LogP) is 1.79. The first-order valence-electron chi connectivity index (χ1n) is 4.17. The highest BCUT2D eigenvalue weighted by molar-refractivity contribution is 5.53. The molecule has 2 rings (SSSR count). The van der Waals surface area contributed by atoms with Crippen LogP contribution in [0.4, 0.5) is 0 Å². The average Bonchev–Trinajstić information content (AvgIpc) is 2.52. The fourth-order valence-electron chi connectivity index (χ4n) is 1.22. The van der Waals surface area contributed by atoms with E-state index in [4.69, 9.17) is 0 Å². The molecule has 2 aromatic heterocycles. The van der Waals surface area contributed by atoms with Crippen molar-refractivity contribution in [2.75, 3.05) is 0 Å². The number of pyridine rings is 1. The largest absolute Gasteiger partial charge is 0.340 e. The first kappa shape index (κ1) is 7.98. The molecule has 2 heterocycles. The number of imidazole rings is 1. The van der Waals surface area contributed by atoms with Crippen LogP contribution in [0.25, 0.3) is 11.4 Å². The lowest BCUT2D eigenvalue weighted by Crippen LogP contribution is -1.84. The van der Waals surface area contributed by atoms with Crippen LogP contribution in [0.1, 0.15) is 5.56 Å². The van der Waals surface area contributed by atoms with Crippen molar-refractivity contribution in [1.29, 1.82) is 0 Å². The standard InChI is InChI=1S/C10H11N3/c1-8-3-4-11-9(5-8)10-6-13(2)7-12-10/h3-7H,1-2H3. The van der Waals surface area contributed by atoms with Gasteiger partial charge < -0.3 is 4.57 Å². The van der Waals surface area contributed by atoms with E-state index in [2.05, 4.69) is 9.97 Å². The summed E-state index contributed by atoms with van der Waals surface area (Å²) < 4.78 is 1.92. The molecule has 0 aliphatic rings. The van der Waals surface area contributed by atoms with Crippen LogP contribution in [0.3, 0.4) is 0 Å². The molecule has 2 aromatic rings. The summed E-state index contributed by atoms with van der Waals surface area (Å²) in [5.74, 6) is 0. The second-order valence-corrected chi connectivity index (χ2v) is 3.14. The van der Waals surface area contributed by atoms with E-state index in [9.17, 15) is 0 Å². The summed E-state index contributed by atoms with van der Waals surface area (Å²) in [6.07, 6.45) is 5.54. The van der Waals surface area contributed by atoms with Crippen molar-refractivity contribution < 1.29 is 0 Å². The Kier molecular flexibility index (Phi) is 1.85. The molecule has 0 atom stereocenters. The highest BCUT2D eigenvalue weighted by Crippen LogP contribution is 2.14. The molecule has 0 saturated carbocycles. The quantitative estimate of drug-likeness (QED) is 0.658. The molecule has 0 amide bonds. The fourth-order valence-corrected chi connectivity index (χ4v) is 1.22. The molecule has 0 fully saturated rings. The van der Waals surface area contributed by atoms with Crippen molar-refractivity contribution in [3.63, 3.8) is 0 Å². The molecule has 0 saturated heterocycles. The lowest BCUT2D eigenvalue weighted by Gasteiger charge is -1.96. The molecule has 0 spiro atoms. The van der Waals surface area contributed by atoms with Gasteiger partial charge in [-0.25, -0.2) is 4.98 Å².